The van der Waals surface area contributed by atoms with Crippen molar-refractivity contribution in [3.63, 3.8) is 0 Å². The minimum atomic E-state index is -2.98. The average molecular weight is 460 g/mol. The Morgan fingerprint density at radius 3 is 2.61 bits per heavy atom. The maximum Gasteiger partial charge on any atom is 0.387 e. The molecule has 7 nitrogen and oxygen atoms in total. The number of rotatable bonds is 8. The topological polar surface area (TPSA) is 90.7 Å². The second-order valence-electron chi connectivity index (χ2n) is 6.66. The molecule has 0 atom stereocenters. The fourth-order valence-electron chi connectivity index (χ4n) is 3.03. The number of benzene rings is 1. The summed E-state index contributed by atoms with van der Waals surface area (Å²) >= 11 is 0. The van der Waals surface area contributed by atoms with Gasteiger partial charge in [0.15, 0.2) is 0 Å². The predicted octanol–water partition coefficient (Wildman–Crippen LogP) is 4.65. The Balaban J connectivity index is 0.00000187. The van der Waals surface area contributed by atoms with Crippen molar-refractivity contribution in [2.75, 3.05) is 7.11 Å². The van der Waals surface area contributed by atoms with Crippen molar-refractivity contribution in [2.24, 2.45) is 0 Å². The van der Waals surface area contributed by atoms with Gasteiger partial charge in [-0.2, -0.15) is 13.9 Å². The van der Waals surface area contributed by atoms with Crippen molar-refractivity contribution >= 4 is 11.5 Å². The zero-order valence-corrected chi connectivity index (χ0v) is 18.6. The molecule has 0 bridgehead atoms. The summed E-state index contributed by atoms with van der Waals surface area (Å²) in [7, 11) is 1.43. The first-order valence-corrected chi connectivity index (χ1v) is 10.4. The van der Waals surface area contributed by atoms with Crippen LogP contribution in [0.3, 0.4) is 0 Å². The molecule has 1 heterocycles. The Labute approximate surface area is 190 Å². The van der Waals surface area contributed by atoms with E-state index in [4.69, 9.17) is 9.84 Å². The van der Waals surface area contributed by atoms with Gasteiger partial charge in [-0.3, -0.25) is 4.79 Å². The monoisotopic (exact) mass is 460 g/mol. The lowest BCUT2D eigenvalue weighted by Gasteiger charge is -2.11. The largest absolute Gasteiger partial charge is 0.501 e. The van der Waals surface area contributed by atoms with Crippen molar-refractivity contribution in [1.82, 2.24) is 9.78 Å². The van der Waals surface area contributed by atoms with Gasteiger partial charge < -0.3 is 14.6 Å². The number of aromatic carboxylic acids is 1. The minimum Gasteiger partial charge on any atom is -0.501 e. The maximum atomic E-state index is 12.7. The third-order valence-electron chi connectivity index (χ3n) is 4.56. The SMILES string of the molecule is CC.COC1=CC=C(c2ccc(=O)n(CCc3cccc(C(=O)O)c3)n2)C=C(OC(F)F)C1. The first-order chi connectivity index (χ1) is 15.9. The van der Waals surface area contributed by atoms with Gasteiger partial charge in [-0.05, 0) is 48.4 Å². The van der Waals surface area contributed by atoms with Crippen molar-refractivity contribution in [3.05, 3.63) is 93.3 Å². The summed E-state index contributed by atoms with van der Waals surface area (Å²) in [4.78, 5) is 23.4. The van der Waals surface area contributed by atoms with Crippen LogP contribution in [0, 0.1) is 0 Å². The Bertz CT molecular complexity index is 1120. The van der Waals surface area contributed by atoms with Crippen molar-refractivity contribution in [1.29, 1.82) is 0 Å². The van der Waals surface area contributed by atoms with Crippen LogP contribution in [0.1, 0.15) is 41.9 Å². The van der Waals surface area contributed by atoms with Crippen LogP contribution in [0.2, 0.25) is 0 Å². The van der Waals surface area contributed by atoms with E-state index >= 15 is 0 Å². The van der Waals surface area contributed by atoms with E-state index in [2.05, 4.69) is 9.84 Å². The Hall–Kier alpha value is -3.75. The van der Waals surface area contributed by atoms with Crippen LogP contribution < -0.4 is 5.56 Å². The highest BCUT2D eigenvalue weighted by Gasteiger charge is 2.15. The fraction of sp³-hybridized carbons (Fsp3) is 0.292. The van der Waals surface area contributed by atoms with Crippen LogP contribution in [-0.4, -0.2) is 34.6 Å². The first kappa shape index (κ1) is 25.5. The second-order valence-corrected chi connectivity index (χ2v) is 6.66. The van der Waals surface area contributed by atoms with Gasteiger partial charge in [0.25, 0.3) is 5.56 Å². The molecule has 9 heteroatoms. The highest BCUT2D eigenvalue weighted by Crippen LogP contribution is 2.25. The molecule has 0 spiro atoms. The summed E-state index contributed by atoms with van der Waals surface area (Å²) in [6.45, 7) is 1.24. The van der Waals surface area contributed by atoms with Crippen LogP contribution in [0.15, 0.2) is 70.9 Å². The van der Waals surface area contributed by atoms with E-state index in [1.54, 1.807) is 30.4 Å². The van der Waals surface area contributed by atoms with Crippen LogP contribution in [0.5, 0.6) is 0 Å². The molecule has 176 valence electrons. The highest BCUT2D eigenvalue weighted by molar-refractivity contribution is 5.87. The lowest BCUT2D eigenvalue weighted by atomic mass is 10.1. The number of aromatic nitrogens is 2. The van der Waals surface area contributed by atoms with E-state index < -0.39 is 12.6 Å². The average Bonchev–Trinajstić information content (AvgIpc) is 3.01. The molecule has 1 aliphatic rings. The number of nitrogens with zero attached hydrogens (tertiary/aromatic N) is 2. The van der Waals surface area contributed by atoms with Gasteiger partial charge in [0.2, 0.25) is 0 Å². The third kappa shape index (κ3) is 7.41. The normalized spacial score (nSPS) is 13.1. The van der Waals surface area contributed by atoms with Crippen LogP contribution in [-0.2, 0) is 22.4 Å². The lowest BCUT2D eigenvalue weighted by molar-refractivity contribution is -0.0982. The summed E-state index contributed by atoms with van der Waals surface area (Å²) < 4.78 is 36.4. The van der Waals surface area contributed by atoms with Crippen LogP contribution in [0.4, 0.5) is 8.78 Å². The molecule has 3 rings (SSSR count). The van der Waals surface area contributed by atoms with Gasteiger partial charge in [0, 0.05) is 18.2 Å². The number of hydrogen-bond acceptors (Lipinski definition) is 5. The number of methoxy groups -OCH3 is 1. The van der Waals surface area contributed by atoms with Gasteiger partial charge in [-0.15, -0.1) is 0 Å². The van der Waals surface area contributed by atoms with Gasteiger partial charge >= 0.3 is 12.6 Å². The summed E-state index contributed by atoms with van der Waals surface area (Å²) in [6, 6.07) is 9.27. The van der Waals surface area contributed by atoms with Crippen molar-refractivity contribution in [2.45, 2.75) is 39.8 Å². The van der Waals surface area contributed by atoms with E-state index in [0.29, 0.717) is 23.4 Å². The minimum absolute atomic E-state index is 0.0110. The molecule has 1 aromatic carbocycles. The third-order valence-corrected chi connectivity index (χ3v) is 4.56. The molecule has 2 aromatic rings. The number of ether oxygens (including phenoxy) is 2. The summed E-state index contributed by atoms with van der Waals surface area (Å²) in [5.74, 6) is -0.582. The molecule has 0 radical (unpaired) electrons. The highest BCUT2D eigenvalue weighted by atomic mass is 19.3. The molecule has 1 N–H and O–H groups in total. The first-order valence-electron chi connectivity index (χ1n) is 10.4. The van der Waals surface area contributed by atoms with E-state index in [9.17, 15) is 18.4 Å². The standard InChI is InChI=1S/C22H20F2N2O5.C2H6/c1-30-17-6-5-15(12-18(13-17)31-22(23)24)19-7-8-20(27)26(25-19)10-9-14-3-2-4-16(11-14)21(28)29;1-2/h2-8,11-12,22H,9-10,13H2,1H3,(H,28,29);1-2H3. The van der Waals surface area contributed by atoms with E-state index in [-0.39, 0.29) is 29.8 Å². The van der Waals surface area contributed by atoms with Crippen molar-refractivity contribution < 1.29 is 28.2 Å². The molecule has 1 aliphatic carbocycles. The van der Waals surface area contributed by atoms with Crippen LogP contribution >= 0.6 is 0 Å². The summed E-state index contributed by atoms with van der Waals surface area (Å²) in [6.07, 6.45) is 5.15. The zero-order valence-electron chi connectivity index (χ0n) is 18.6. The number of carboxylic acids is 1. The quantitative estimate of drug-likeness (QED) is 0.617. The van der Waals surface area contributed by atoms with E-state index in [1.165, 1.54) is 36.1 Å². The Morgan fingerprint density at radius 1 is 1.18 bits per heavy atom. The predicted molar refractivity (Wildman–Crippen MR) is 120 cm³/mol. The van der Waals surface area contributed by atoms with Gasteiger partial charge in [-0.25, -0.2) is 9.48 Å². The van der Waals surface area contributed by atoms with E-state index in [0.717, 1.165) is 5.56 Å². The maximum absolute atomic E-state index is 12.7. The number of halogens is 2. The molecule has 0 saturated carbocycles. The Morgan fingerprint density at radius 2 is 1.94 bits per heavy atom. The molecule has 0 saturated heterocycles. The smallest absolute Gasteiger partial charge is 0.387 e. The number of carboxylic acid groups (broad SMARTS) is 1. The number of allylic oxidation sites excluding steroid dienone is 4. The Kier molecular flexibility index (Phi) is 9.53. The van der Waals surface area contributed by atoms with Crippen LogP contribution in [0.25, 0.3) is 5.57 Å². The molecular formula is C24H26F2N2O5. The van der Waals surface area contributed by atoms with Gasteiger partial charge in [-0.1, -0.05) is 26.0 Å². The molecule has 0 amide bonds. The summed E-state index contributed by atoms with van der Waals surface area (Å²) in [5.41, 5.74) is 1.43. The van der Waals surface area contributed by atoms with Gasteiger partial charge in [0.05, 0.1) is 24.8 Å². The summed E-state index contributed by atoms with van der Waals surface area (Å²) in [5, 5.41) is 13.4. The number of alkyl halides is 2. The molecule has 1 aromatic heterocycles. The lowest BCUT2D eigenvalue weighted by Crippen LogP contribution is -2.24. The zero-order chi connectivity index (χ0) is 24.4. The second kappa shape index (κ2) is 12.3. The number of aryl methyl sites for hydroxylation is 2. The van der Waals surface area contributed by atoms with E-state index in [1.807, 2.05) is 13.8 Å². The molecule has 0 unspecified atom stereocenters. The fourth-order valence-corrected chi connectivity index (χ4v) is 3.03. The number of carbonyl (C=O) groups is 1. The molecular weight excluding hydrogens is 434 g/mol. The molecule has 33 heavy (non-hydrogen) atoms. The number of hydrogen-bond donors (Lipinski definition) is 1. The van der Waals surface area contributed by atoms with Crippen molar-refractivity contribution in [3.8, 4) is 0 Å². The molecule has 0 aliphatic heterocycles. The van der Waals surface area contributed by atoms with Gasteiger partial charge in [0.1, 0.15) is 11.5 Å². The molecule has 0 fully saturated rings.